The highest BCUT2D eigenvalue weighted by Gasteiger charge is 2.44. The van der Waals surface area contributed by atoms with Gasteiger partial charge in [0.1, 0.15) is 0 Å². The number of halogens is 1. The number of aliphatic hydroxyl groups is 1. The van der Waals surface area contributed by atoms with Crippen molar-refractivity contribution < 1.29 is 5.11 Å². The third kappa shape index (κ3) is 1.56. The van der Waals surface area contributed by atoms with Gasteiger partial charge in [0.05, 0.1) is 6.10 Å². The monoisotopic (exact) mass is 261 g/mol. The van der Waals surface area contributed by atoms with Gasteiger partial charge in [0, 0.05) is 26.7 Å². The molecule has 1 aliphatic carbocycles. The van der Waals surface area contributed by atoms with E-state index >= 15 is 0 Å². The maximum atomic E-state index is 9.32. The van der Waals surface area contributed by atoms with Crippen molar-refractivity contribution in [1.29, 1.82) is 0 Å². The topological polar surface area (TPSA) is 46.2 Å². The molecule has 13 heavy (non-hydrogen) atoms. The molecule has 0 bridgehead atoms. The van der Waals surface area contributed by atoms with Gasteiger partial charge in [0.25, 0.3) is 0 Å². The van der Waals surface area contributed by atoms with Gasteiger partial charge in [-0.05, 0) is 34.8 Å². The number of nitrogens with two attached hydrogens (primary N) is 1. The van der Waals surface area contributed by atoms with Crippen LogP contribution in [0.1, 0.15) is 17.7 Å². The van der Waals surface area contributed by atoms with Crippen LogP contribution in [0.2, 0.25) is 0 Å². The number of rotatable bonds is 2. The van der Waals surface area contributed by atoms with E-state index in [-0.39, 0.29) is 11.5 Å². The Balaban J connectivity index is 2.23. The molecule has 0 radical (unpaired) electrons. The van der Waals surface area contributed by atoms with Gasteiger partial charge in [-0.15, -0.1) is 11.3 Å². The second kappa shape index (κ2) is 3.35. The third-order valence-electron chi connectivity index (χ3n) is 2.73. The van der Waals surface area contributed by atoms with Crippen molar-refractivity contribution in [3.05, 3.63) is 20.8 Å². The summed E-state index contributed by atoms with van der Waals surface area (Å²) in [6, 6.07) is 2.11. The maximum absolute atomic E-state index is 9.32. The minimum atomic E-state index is -0.149. The van der Waals surface area contributed by atoms with Crippen molar-refractivity contribution >= 4 is 27.3 Å². The fraction of sp³-hybridized carbons (Fsp3) is 0.556. The molecule has 1 saturated carbocycles. The molecule has 0 spiro atoms. The van der Waals surface area contributed by atoms with E-state index in [0.29, 0.717) is 6.54 Å². The van der Waals surface area contributed by atoms with Crippen molar-refractivity contribution in [2.45, 2.75) is 24.4 Å². The summed E-state index contributed by atoms with van der Waals surface area (Å²) < 4.78 is 1.11. The fourth-order valence-corrected chi connectivity index (χ4v) is 3.57. The number of thiophene rings is 1. The Morgan fingerprint density at radius 3 is 2.77 bits per heavy atom. The minimum Gasteiger partial charge on any atom is -0.393 e. The van der Waals surface area contributed by atoms with Crippen molar-refractivity contribution in [3.63, 3.8) is 0 Å². The molecule has 0 saturated heterocycles. The molecule has 2 nitrogen and oxygen atoms in total. The highest BCUT2D eigenvalue weighted by Crippen LogP contribution is 2.45. The van der Waals surface area contributed by atoms with Gasteiger partial charge < -0.3 is 10.8 Å². The Kier molecular flexibility index (Phi) is 2.49. The van der Waals surface area contributed by atoms with E-state index in [9.17, 15) is 5.11 Å². The van der Waals surface area contributed by atoms with Crippen LogP contribution >= 0.6 is 27.3 Å². The molecule has 1 aliphatic rings. The number of hydrogen-bond donors (Lipinski definition) is 2. The maximum Gasteiger partial charge on any atom is 0.0558 e. The Bertz CT molecular complexity index is 306. The average Bonchev–Trinajstić information content (AvgIpc) is 2.46. The third-order valence-corrected chi connectivity index (χ3v) is 4.67. The summed E-state index contributed by atoms with van der Waals surface area (Å²) in [5.74, 6) is 0. The van der Waals surface area contributed by atoms with Crippen LogP contribution in [-0.4, -0.2) is 17.8 Å². The van der Waals surface area contributed by atoms with Crippen LogP contribution in [0.25, 0.3) is 0 Å². The molecule has 3 N–H and O–H groups in total. The number of aliphatic hydroxyl groups excluding tert-OH is 1. The summed E-state index contributed by atoms with van der Waals surface area (Å²) >= 11 is 5.15. The zero-order valence-corrected chi connectivity index (χ0v) is 9.57. The van der Waals surface area contributed by atoms with Gasteiger partial charge in [0.2, 0.25) is 0 Å². The molecule has 1 aromatic rings. The highest BCUT2D eigenvalue weighted by atomic mass is 79.9. The van der Waals surface area contributed by atoms with Crippen LogP contribution in [0.15, 0.2) is 15.9 Å². The molecule has 0 atom stereocenters. The summed E-state index contributed by atoms with van der Waals surface area (Å²) in [4.78, 5) is 1.30. The number of hydrogen-bond acceptors (Lipinski definition) is 3. The first-order valence-corrected chi connectivity index (χ1v) is 5.96. The molecule has 72 valence electrons. The van der Waals surface area contributed by atoms with E-state index in [1.807, 2.05) is 0 Å². The van der Waals surface area contributed by atoms with Crippen LogP contribution in [0.5, 0.6) is 0 Å². The van der Waals surface area contributed by atoms with Crippen LogP contribution in [-0.2, 0) is 5.41 Å². The SMILES string of the molecule is NCC1(c2cc(Br)cs2)CC(O)C1. The first kappa shape index (κ1) is 9.65. The Morgan fingerprint density at radius 2 is 2.38 bits per heavy atom. The Hall–Kier alpha value is 0.1000. The summed E-state index contributed by atoms with van der Waals surface area (Å²) in [6.45, 7) is 0.636. The molecule has 1 fully saturated rings. The fourth-order valence-electron chi connectivity index (χ4n) is 1.90. The van der Waals surface area contributed by atoms with Crippen LogP contribution in [0, 0.1) is 0 Å². The molecule has 0 amide bonds. The second-order valence-corrected chi connectivity index (χ2v) is 5.50. The predicted octanol–water partition coefficient (Wildman–Crippen LogP) is 1.86. The normalized spacial score (nSPS) is 33.0. The van der Waals surface area contributed by atoms with Crippen molar-refractivity contribution in [3.8, 4) is 0 Å². The van der Waals surface area contributed by atoms with Gasteiger partial charge in [0.15, 0.2) is 0 Å². The van der Waals surface area contributed by atoms with Crippen molar-refractivity contribution in [2.75, 3.05) is 6.54 Å². The van der Waals surface area contributed by atoms with Crippen molar-refractivity contribution in [2.24, 2.45) is 5.73 Å². The first-order chi connectivity index (χ1) is 6.16. The average molecular weight is 262 g/mol. The molecule has 2 rings (SSSR count). The van der Waals surface area contributed by atoms with E-state index in [1.54, 1.807) is 11.3 Å². The van der Waals surface area contributed by atoms with E-state index in [4.69, 9.17) is 5.73 Å². The second-order valence-electron chi connectivity index (χ2n) is 3.68. The van der Waals surface area contributed by atoms with Gasteiger partial charge >= 0.3 is 0 Å². The minimum absolute atomic E-state index is 0.0656. The van der Waals surface area contributed by atoms with Crippen LogP contribution in [0.3, 0.4) is 0 Å². The van der Waals surface area contributed by atoms with Gasteiger partial charge in [-0.2, -0.15) is 0 Å². The summed E-state index contributed by atoms with van der Waals surface area (Å²) in [7, 11) is 0. The first-order valence-electron chi connectivity index (χ1n) is 4.29. The van der Waals surface area contributed by atoms with E-state index in [2.05, 4.69) is 27.4 Å². The molecule has 0 aliphatic heterocycles. The lowest BCUT2D eigenvalue weighted by molar-refractivity contribution is 0.0239. The van der Waals surface area contributed by atoms with E-state index in [0.717, 1.165) is 17.3 Å². The summed E-state index contributed by atoms with van der Waals surface area (Å²) in [5.41, 5.74) is 5.82. The van der Waals surface area contributed by atoms with Crippen LogP contribution in [0.4, 0.5) is 0 Å². The molecular formula is C9H12BrNOS. The molecule has 1 heterocycles. The molecule has 0 unspecified atom stereocenters. The summed E-state index contributed by atoms with van der Waals surface area (Å²) in [6.07, 6.45) is 1.48. The molecule has 1 aromatic heterocycles. The molecular weight excluding hydrogens is 250 g/mol. The van der Waals surface area contributed by atoms with Crippen LogP contribution < -0.4 is 5.73 Å². The summed E-state index contributed by atoms with van der Waals surface area (Å²) in [5, 5.41) is 11.4. The Labute approximate surface area is 89.9 Å². The Morgan fingerprint density at radius 1 is 1.69 bits per heavy atom. The quantitative estimate of drug-likeness (QED) is 0.854. The van der Waals surface area contributed by atoms with E-state index < -0.39 is 0 Å². The van der Waals surface area contributed by atoms with Gasteiger partial charge in [-0.25, -0.2) is 0 Å². The lowest BCUT2D eigenvalue weighted by Gasteiger charge is -2.44. The predicted molar refractivity (Wildman–Crippen MR) is 58.0 cm³/mol. The van der Waals surface area contributed by atoms with Gasteiger partial charge in [-0.1, -0.05) is 0 Å². The zero-order valence-electron chi connectivity index (χ0n) is 7.16. The standard InChI is InChI=1S/C9H12BrNOS/c10-6-1-8(13-4-6)9(5-11)2-7(12)3-9/h1,4,7,12H,2-3,5,11H2. The van der Waals surface area contributed by atoms with E-state index in [1.165, 1.54) is 4.88 Å². The lowest BCUT2D eigenvalue weighted by atomic mass is 9.66. The molecule has 0 aromatic carbocycles. The smallest absolute Gasteiger partial charge is 0.0558 e. The lowest BCUT2D eigenvalue weighted by Crippen LogP contribution is -2.49. The van der Waals surface area contributed by atoms with Gasteiger partial charge in [-0.3, -0.25) is 0 Å². The largest absolute Gasteiger partial charge is 0.393 e. The zero-order chi connectivity index (χ0) is 9.47. The van der Waals surface area contributed by atoms with Crippen molar-refractivity contribution in [1.82, 2.24) is 0 Å². The molecule has 4 heteroatoms. The highest BCUT2D eigenvalue weighted by molar-refractivity contribution is 9.10.